The normalized spacial score (nSPS) is 10.8. The van der Waals surface area contributed by atoms with E-state index < -0.39 is 18.5 Å². The molecule has 4 aromatic rings. The number of ether oxygens (including phenoxy) is 2. The van der Waals surface area contributed by atoms with Gasteiger partial charge in [-0.1, -0.05) is 36.0 Å². The van der Waals surface area contributed by atoms with E-state index in [0.717, 1.165) is 20.8 Å². The summed E-state index contributed by atoms with van der Waals surface area (Å²) in [5.74, 6) is -0.522. The van der Waals surface area contributed by atoms with Crippen LogP contribution in [0.1, 0.15) is 20.8 Å². The average molecular weight is 480 g/mol. The number of methoxy groups -OCH3 is 1. The Bertz CT molecular complexity index is 1340. The number of rotatable bonds is 7. The van der Waals surface area contributed by atoms with Crippen LogP contribution in [-0.4, -0.2) is 35.6 Å². The van der Waals surface area contributed by atoms with E-state index in [1.54, 1.807) is 47.7 Å². The van der Waals surface area contributed by atoms with Gasteiger partial charge in [-0.15, -0.1) is 11.3 Å². The number of amides is 1. The lowest BCUT2D eigenvalue weighted by atomic mass is 10.2. The fourth-order valence-corrected chi connectivity index (χ4v) is 5.33. The van der Waals surface area contributed by atoms with Crippen LogP contribution in [0.3, 0.4) is 0 Å². The van der Waals surface area contributed by atoms with Gasteiger partial charge in [-0.2, -0.15) is 0 Å². The van der Waals surface area contributed by atoms with Gasteiger partial charge in [-0.3, -0.25) is 4.79 Å². The molecule has 0 aliphatic heterocycles. The van der Waals surface area contributed by atoms with Gasteiger partial charge in [-0.05, 0) is 43.7 Å². The lowest BCUT2D eigenvalue weighted by Gasteiger charge is -2.11. The topological polar surface area (TPSA) is 90.4 Å². The zero-order valence-electron chi connectivity index (χ0n) is 18.2. The minimum atomic E-state index is -0.586. The Labute approximate surface area is 199 Å². The monoisotopic (exact) mass is 479 g/mol. The lowest BCUT2D eigenvalue weighted by Crippen LogP contribution is -2.21. The van der Waals surface area contributed by atoms with Crippen molar-refractivity contribution < 1.29 is 19.1 Å². The third-order valence-corrected chi connectivity index (χ3v) is 7.15. The van der Waals surface area contributed by atoms with Crippen molar-refractivity contribution in [2.75, 3.05) is 19.0 Å². The third-order valence-electron chi connectivity index (χ3n) is 4.96. The smallest absolute Gasteiger partial charge is 0.339 e. The summed E-state index contributed by atoms with van der Waals surface area (Å²) in [5.41, 5.74) is 2.00. The first-order valence-electron chi connectivity index (χ1n) is 10.1. The fraction of sp³-hybridized carbons (Fsp3) is 0.167. The number of thiophene rings is 1. The van der Waals surface area contributed by atoms with Crippen LogP contribution >= 0.6 is 23.1 Å². The van der Waals surface area contributed by atoms with E-state index in [1.165, 1.54) is 30.1 Å². The van der Waals surface area contributed by atoms with Gasteiger partial charge in [0.25, 0.3) is 5.91 Å². The molecule has 2 aromatic carbocycles. The highest BCUT2D eigenvalue weighted by Crippen LogP contribution is 2.38. The Morgan fingerprint density at radius 2 is 1.82 bits per heavy atom. The molecular formula is C24H21N3O4S2. The summed E-state index contributed by atoms with van der Waals surface area (Å²) in [7, 11) is 1.52. The Morgan fingerprint density at radius 1 is 1.06 bits per heavy atom. The molecule has 1 amide bonds. The summed E-state index contributed by atoms with van der Waals surface area (Å²) in [4.78, 5) is 36.7. The summed E-state index contributed by atoms with van der Waals surface area (Å²) in [6.07, 6.45) is 1.53. The molecule has 0 aliphatic carbocycles. The van der Waals surface area contributed by atoms with Crippen LogP contribution in [0, 0.1) is 13.8 Å². The van der Waals surface area contributed by atoms with Gasteiger partial charge in [0.2, 0.25) is 0 Å². The van der Waals surface area contributed by atoms with E-state index in [4.69, 9.17) is 9.47 Å². The van der Waals surface area contributed by atoms with Crippen molar-refractivity contribution in [1.29, 1.82) is 0 Å². The Hall–Kier alpha value is -3.43. The van der Waals surface area contributed by atoms with E-state index in [9.17, 15) is 9.59 Å². The minimum Gasteiger partial charge on any atom is -0.495 e. The fourth-order valence-electron chi connectivity index (χ4n) is 3.20. The SMILES string of the molecule is COc1ccccc1NC(=O)COC(=O)c1ccccc1Sc1ncnc2sc(C)c(C)c12. The molecule has 168 valence electrons. The number of esters is 1. The highest BCUT2D eigenvalue weighted by Gasteiger charge is 2.19. The molecule has 2 aromatic heterocycles. The molecule has 0 saturated carbocycles. The van der Waals surface area contributed by atoms with E-state index in [2.05, 4.69) is 22.2 Å². The number of carbonyl (C=O) groups excluding carboxylic acids is 2. The van der Waals surface area contributed by atoms with Gasteiger partial charge in [0.1, 0.15) is 21.9 Å². The largest absolute Gasteiger partial charge is 0.495 e. The van der Waals surface area contributed by atoms with Crippen molar-refractivity contribution in [2.45, 2.75) is 23.8 Å². The first-order chi connectivity index (χ1) is 16.0. The second-order valence-corrected chi connectivity index (χ2v) is 9.30. The van der Waals surface area contributed by atoms with Crippen LogP contribution < -0.4 is 10.1 Å². The predicted molar refractivity (Wildman–Crippen MR) is 129 cm³/mol. The Balaban J connectivity index is 1.49. The summed E-state index contributed by atoms with van der Waals surface area (Å²) in [6.45, 7) is 3.68. The van der Waals surface area contributed by atoms with E-state index in [1.807, 2.05) is 19.1 Å². The number of aromatic nitrogens is 2. The summed E-state index contributed by atoms with van der Waals surface area (Å²) in [6, 6.07) is 14.1. The van der Waals surface area contributed by atoms with Crippen LogP contribution in [-0.2, 0) is 9.53 Å². The second kappa shape index (κ2) is 10.0. The number of para-hydroxylation sites is 2. The number of nitrogens with one attached hydrogen (secondary N) is 1. The van der Waals surface area contributed by atoms with E-state index >= 15 is 0 Å². The van der Waals surface area contributed by atoms with Crippen molar-refractivity contribution in [3.05, 3.63) is 70.9 Å². The molecule has 7 nitrogen and oxygen atoms in total. The van der Waals surface area contributed by atoms with Crippen molar-refractivity contribution in [2.24, 2.45) is 0 Å². The summed E-state index contributed by atoms with van der Waals surface area (Å²) >= 11 is 3.00. The molecule has 0 bridgehead atoms. The molecule has 0 saturated heterocycles. The van der Waals surface area contributed by atoms with Crippen LogP contribution in [0.25, 0.3) is 10.2 Å². The Kier molecular flexibility index (Phi) is 6.90. The maximum atomic E-state index is 12.8. The molecule has 9 heteroatoms. The van der Waals surface area contributed by atoms with Gasteiger partial charge in [0, 0.05) is 15.2 Å². The van der Waals surface area contributed by atoms with Crippen LogP contribution in [0.2, 0.25) is 0 Å². The first-order valence-corrected chi connectivity index (χ1v) is 11.7. The van der Waals surface area contributed by atoms with Crippen molar-refractivity contribution >= 4 is 50.9 Å². The van der Waals surface area contributed by atoms with Crippen molar-refractivity contribution in [3.63, 3.8) is 0 Å². The molecule has 2 heterocycles. The predicted octanol–water partition coefficient (Wildman–Crippen LogP) is 5.26. The first kappa shape index (κ1) is 22.8. The van der Waals surface area contributed by atoms with Gasteiger partial charge < -0.3 is 14.8 Å². The number of aryl methyl sites for hydroxylation is 2. The molecule has 0 atom stereocenters. The van der Waals surface area contributed by atoms with Gasteiger partial charge >= 0.3 is 5.97 Å². The number of benzene rings is 2. The molecule has 0 spiro atoms. The molecule has 0 fully saturated rings. The van der Waals surface area contributed by atoms with Crippen molar-refractivity contribution in [3.8, 4) is 5.75 Å². The highest BCUT2D eigenvalue weighted by molar-refractivity contribution is 7.99. The maximum absolute atomic E-state index is 12.8. The maximum Gasteiger partial charge on any atom is 0.339 e. The second-order valence-electron chi connectivity index (χ2n) is 7.07. The van der Waals surface area contributed by atoms with E-state index in [-0.39, 0.29) is 0 Å². The standard InChI is InChI=1S/C24H21N3O4S2/c1-14-15(2)32-22-21(14)23(26-13-25-22)33-19-11-7-4-8-16(19)24(29)31-12-20(28)27-17-9-5-6-10-18(17)30-3/h4-11,13H,12H2,1-3H3,(H,27,28). The molecule has 1 N–H and O–H groups in total. The lowest BCUT2D eigenvalue weighted by molar-refractivity contribution is -0.119. The van der Waals surface area contributed by atoms with Crippen molar-refractivity contribution in [1.82, 2.24) is 9.97 Å². The quantitative estimate of drug-likeness (QED) is 0.285. The molecule has 33 heavy (non-hydrogen) atoms. The van der Waals surface area contributed by atoms with Crippen LogP contribution in [0.4, 0.5) is 5.69 Å². The van der Waals surface area contributed by atoms with Gasteiger partial charge in [0.15, 0.2) is 6.61 Å². The summed E-state index contributed by atoms with van der Waals surface area (Å²) in [5, 5.41) is 4.45. The zero-order valence-corrected chi connectivity index (χ0v) is 19.9. The molecule has 0 radical (unpaired) electrons. The van der Waals surface area contributed by atoms with Gasteiger partial charge in [0.05, 0.1) is 18.4 Å². The number of anilines is 1. The average Bonchev–Trinajstić information content (AvgIpc) is 3.12. The third kappa shape index (κ3) is 4.99. The van der Waals surface area contributed by atoms with Crippen LogP contribution in [0.5, 0.6) is 5.75 Å². The molecule has 0 unspecified atom stereocenters. The Morgan fingerprint density at radius 3 is 2.64 bits per heavy atom. The minimum absolute atomic E-state index is 0.365. The number of hydrogen-bond acceptors (Lipinski definition) is 8. The number of hydrogen-bond donors (Lipinski definition) is 1. The van der Waals surface area contributed by atoms with Crippen LogP contribution in [0.15, 0.2) is 64.8 Å². The zero-order chi connectivity index (χ0) is 23.4. The number of nitrogens with zero attached hydrogens (tertiary/aromatic N) is 2. The highest BCUT2D eigenvalue weighted by atomic mass is 32.2. The summed E-state index contributed by atoms with van der Waals surface area (Å²) < 4.78 is 10.5. The molecule has 0 aliphatic rings. The van der Waals surface area contributed by atoms with Gasteiger partial charge in [-0.25, -0.2) is 14.8 Å². The molecular weight excluding hydrogens is 458 g/mol. The molecule has 4 rings (SSSR count). The number of fused-ring (bicyclic) bond motifs is 1. The van der Waals surface area contributed by atoms with E-state index in [0.29, 0.717) is 21.9 Å². The number of carbonyl (C=O) groups is 2.